The van der Waals surface area contributed by atoms with E-state index in [1.54, 1.807) is 12.1 Å². The fourth-order valence-corrected chi connectivity index (χ4v) is 3.22. The zero-order chi connectivity index (χ0) is 18.2. The maximum Gasteiger partial charge on any atom is 0.236 e. The first-order chi connectivity index (χ1) is 12.7. The minimum atomic E-state index is 0.219. The van der Waals surface area contributed by atoms with E-state index in [1.165, 1.54) is 0 Å². The molecule has 0 unspecified atom stereocenters. The number of carbonyl (C=O) groups excluding carboxylic acids is 1. The van der Waals surface area contributed by atoms with Gasteiger partial charge in [-0.25, -0.2) is 0 Å². The molecule has 0 saturated carbocycles. The Hall–Kier alpha value is -2.14. The molecule has 2 fully saturated rings. The molecule has 0 radical (unpaired) electrons. The normalized spacial score (nSPS) is 19.1. The standard InChI is InChI=1S/C19H26N4O3/c20-15-17-2-1-3-18(14-17)26-13-10-21-4-6-23(7-5-21)19(24)16-22-8-11-25-12-9-22/h1-3,14H,4-13,16H2. The summed E-state index contributed by atoms with van der Waals surface area (Å²) in [4.78, 5) is 18.8. The second-order valence-corrected chi connectivity index (χ2v) is 6.60. The number of hydrogen-bond acceptors (Lipinski definition) is 6. The van der Waals surface area contributed by atoms with Gasteiger partial charge in [-0.05, 0) is 18.2 Å². The number of hydrogen-bond donors (Lipinski definition) is 0. The van der Waals surface area contributed by atoms with E-state index in [0.717, 1.165) is 64.8 Å². The maximum atomic E-state index is 12.4. The summed E-state index contributed by atoms with van der Waals surface area (Å²) in [5, 5.41) is 8.91. The lowest BCUT2D eigenvalue weighted by atomic mass is 10.2. The van der Waals surface area contributed by atoms with Crippen LogP contribution >= 0.6 is 0 Å². The van der Waals surface area contributed by atoms with Crippen LogP contribution in [0, 0.1) is 11.3 Å². The molecule has 0 spiro atoms. The molecule has 1 aromatic rings. The monoisotopic (exact) mass is 358 g/mol. The fourth-order valence-electron chi connectivity index (χ4n) is 3.22. The van der Waals surface area contributed by atoms with Crippen molar-refractivity contribution in [3.8, 4) is 11.8 Å². The highest BCUT2D eigenvalue weighted by atomic mass is 16.5. The topological polar surface area (TPSA) is 69.0 Å². The Labute approximate surface area is 154 Å². The minimum absolute atomic E-state index is 0.219. The summed E-state index contributed by atoms with van der Waals surface area (Å²) in [6.07, 6.45) is 0. The average molecular weight is 358 g/mol. The highest BCUT2D eigenvalue weighted by Gasteiger charge is 2.23. The van der Waals surface area contributed by atoms with Crippen molar-refractivity contribution in [1.29, 1.82) is 5.26 Å². The van der Waals surface area contributed by atoms with Gasteiger partial charge in [-0.2, -0.15) is 5.26 Å². The largest absolute Gasteiger partial charge is 0.492 e. The molecule has 26 heavy (non-hydrogen) atoms. The number of rotatable bonds is 6. The summed E-state index contributed by atoms with van der Waals surface area (Å²) in [5.74, 6) is 0.944. The molecule has 1 aromatic carbocycles. The van der Waals surface area contributed by atoms with Crippen LogP contribution in [0.3, 0.4) is 0 Å². The highest BCUT2D eigenvalue weighted by Crippen LogP contribution is 2.12. The Morgan fingerprint density at radius 1 is 1.12 bits per heavy atom. The van der Waals surface area contributed by atoms with E-state index in [0.29, 0.717) is 18.7 Å². The molecule has 0 N–H and O–H groups in total. The van der Waals surface area contributed by atoms with Crippen molar-refractivity contribution in [2.24, 2.45) is 0 Å². The van der Waals surface area contributed by atoms with Crippen LogP contribution in [0.5, 0.6) is 5.75 Å². The van der Waals surface area contributed by atoms with E-state index in [1.807, 2.05) is 17.0 Å². The molecule has 2 saturated heterocycles. The molecule has 1 amide bonds. The lowest BCUT2D eigenvalue weighted by Gasteiger charge is -2.36. The first-order valence-electron chi connectivity index (χ1n) is 9.18. The first kappa shape index (κ1) is 18.6. The third-order valence-electron chi connectivity index (χ3n) is 4.83. The fraction of sp³-hybridized carbons (Fsp3) is 0.579. The van der Waals surface area contributed by atoms with Crippen LogP contribution in [0.1, 0.15) is 5.56 Å². The smallest absolute Gasteiger partial charge is 0.236 e. The van der Waals surface area contributed by atoms with Crippen LogP contribution in [0.15, 0.2) is 24.3 Å². The summed E-state index contributed by atoms with van der Waals surface area (Å²) < 4.78 is 11.1. The Morgan fingerprint density at radius 3 is 2.62 bits per heavy atom. The summed E-state index contributed by atoms with van der Waals surface area (Å²) in [7, 11) is 0. The van der Waals surface area contributed by atoms with Crippen LogP contribution in [0.4, 0.5) is 0 Å². The number of ether oxygens (including phenoxy) is 2. The zero-order valence-corrected chi connectivity index (χ0v) is 15.1. The minimum Gasteiger partial charge on any atom is -0.492 e. The number of piperazine rings is 1. The van der Waals surface area contributed by atoms with E-state index in [-0.39, 0.29) is 5.91 Å². The van der Waals surface area contributed by atoms with Crippen molar-refractivity contribution in [3.05, 3.63) is 29.8 Å². The third-order valence-corrected chi connectivity index (χ3v) is 4.83. The number of amides is 1. The molecule has 0 aliphatic carbocycles. The van der Waals surface area contributed by atoms with Gasteiger partial charge in [-0.3, -0.25) is 14.6 Å². The van der Waals surface area contributed by atoms with E-state index in [4.69, 9.17) is 14.7 Å². The molecule has 2 heterocycles. The van der Waals surface area contributed by atoms with Crippen molar-refractivity contribution < 1.29 is 14.3 Å². The molecule has 2 aliphatic heterocycles. The van der Waals surface area contributed by atoms with Crippen molar-refractivity contribution >= 4 is 5.91 Å². The van der Waals surface area contributed by atoms with Gasteiger partial charge >= 0.3 is 0 Å². The predicted molar refractivity (Wildman–Crippen MR) is 96.9 cm³/mol. The number of nitriles is 1. The van der Waals surface area contributed by atoms with Crippen molar-refractivity contribution in [2.75, 3.05) is 72.2 Å². The first-order valence-corrected chi connectivity index (χ1v) is 9.18. The molecule has 2 aliphatic rings. The summed E-state index contributed by atoms with van der Waals surface area (Å²) in [6.45, 7) is 8.32. The van der Waals surface area contributed by atoms with E-state index >= 15 is 0 Å². The molecular formula is C19H26N4O3. The summed E-state index contributed by atoms with van der Waals surface area (Å²) >= 11 is 0. The van der Waals surface area contributed by atoms with Crippen LogP contribution in [-0.4, -0.2) is 92.8 Å². The quantitative estimate of drug-likeness (QED) is 0.734. The lowest BCUT2D eigenvalue weighted by Crippen LogP contribution is -2.52. The van der Waals surface area contributed by atoms with Crippen molar-refractivity contribution in [1.82, 2.24) is 14.7 Å². The number of carbonyl (C=O) groups is 1. The molecule has 0 atom stereocenters. The summed E-state index contributed by atoms with van der Waals surface area (Å²) in [6, 6.07) is 9.32. The van der Waals surface area contributed by atoms with Gasteiger partial charge in [0.2, 0.25) is 5.91 Å². The van der Waals surface area contributed by atoms with Gasteiger partial charge in [-0.1, -0.05) is 6.07 Å². The van der Waals surface area contributed by atoms with Gasteiger partial charge in [0.15, 0.2) is 0 Å². The van der Waals surface area contributed by atoms with Gasteiger partial charge in [-0.15, -0.1) is 0 Å². The zero-order valence-electron chi connectivity index (χ0n) is 15.1. The lowest BCUT2D eigenvalue weighted by molar-refractivity contribution is -0.135. The Bertz CT molecular complexity index is 632. The van der Waals surface area contributed by atoms with Gasteiger partial charge in [0.1, 0.15) is 12.4 Å². The Kier molecular flexibility index (Phi) is 6.83. The van der Waals surface area contributed by atoms with Crippen LogP contribution in [0.2, 0.25) is 0 Å². The van der Waals surface area contributed by atoms with Crippen molar-refractivity contribution in [3.63, 3.8) is 0 Å². The summed E-state index contributed by atoms with van der Waals surface area (Å²) in [5.41, 5.74) is 0.606. The maximum absolute atomic E-state index is 12.4. The Morgan fingerprint density at radius 2 is 1.88 bits per heavy atom. The molecule has 3 rings (SSSR count). The van der Waals surface area contributed by atoms with Gasteiger partial charge in [0.25, 0.3) is 0 Å². The average Bonchev–Trinajstić information content (AvgIpc) is 2.69. The van der Waals surface area contributed by atoms with E-state index in [9.17, 15) is 4.79 Å². The third kappa shape index (κ3) is 5.43. The number of morpholine rings is 1. The van der Waals surface area contributed by atoms with Crippen LogP contribution in [-0.2, 0) is 9.53 Å². The van der Waals surface area contributed by atoms with E-state index in [2.05, 4.69) is 15.9 Å². The second-order valence-electron chi connectivity index (χ2n) is 6.60. The number of benzene rings is 1. The van der Waals surface area contributed by atoms with Crippen LogP contribution < -0.4 is 4.74 Å². The molecule has 0 aromatic heterocycles. The Balaban J connectivity index is 1.34. The molecule has 0 bridgehead atoms. The highest BCUT2D eigenvalue weighted by molar-refractivity contribution is 5.78. The van der Waals surface area contributed by atoms with Gasteiger partial charge in [0, 0.05) is 45.8 Å². The molecule has 7 heteroatoms. The van der Waals surface area contributed by atoms with Gasteiger partial charge in [0.05, 0.1) is 31.4 Å². The molecule has 140 valence electrons. The SMILES string of the molecule is N#Cc1cccc(OCCN2CCN(C(=O)CN3CCOCC3)CC2)c1. The second kappa shape index (κ2) is 9.53. The molecular weight excluding hydrogens is 332 g/mol. The number of nitrogens with zero attached hydrogens (tertiary/aromatic N) is 4. The van der Waals surface area contributed by atoms with E-state index < -0.39 is 0 Å². The van der Waals surface area contributed by atoms with Crippen LogP contribution in [0.25, 0.3) is 0 Å². The molecule has 7 nitrogen and oxygen atoms in total. The van der Waals surface area contributed by atoms with Crippen molar-refractivity contribution in [2.45, 2.75) is 0 Å². The predicted octanol–water partition coefficient (Wildman–Crippen LogP) is 0.413. The van der Waals surface area contributed by atoms with Gasteiger partial charge < -0.3 is 14.4 Å².